The first-order chi connectivity index (χ1) is 9.79. The van der Waals surface area contributed by atoms with Crippen LogP contribution in [0, 0.1) is 18.7 Å². The molecule has 0 bridgehead atoms. The van der Waals surface area contributed by atoms with Gasteiger partial charge in [-0.3, -0.25) is 0 Å². The van der Waals surface area contributed by atoms with Gasteiger partial charge in [0.2, 0.25) is 10.0 Å². The average Bonchev–Trinajstić information content (AvgIpc) is 2.42. The average molecular weight is 316 g/mol. The molecule has 1 aromatic carbocycles. The highest BCUT2D eigenvalue weighted by Gasteiger charge is 2.23. The van der Waals surface area contributed by atoms with Crippen molar-refractivity contribution in [3.63, 3.8) is 0 Å². The minimum absolute atomic E-state index is 0.0113. The second-order valence-electron chi connectivity index (χ2n) is 5.67. The van der Waals surface area contributed by atoms with Gasteiger partial charge in [0.1, 0.15) is 5.82 Å². The Balaban J connectivity index is 2.07. The number of rotatable bonds is 4. The first kappa shape index (κ1) is 16.2. The highest BCUT2D eigenvalue weighted by atomic mass is 32.2. The van der Waals surface area contributed by atoms with Crippen LogP contribution in [-0.4, -0.2) is 26.2 Å². The minimum Gasteiger partial charge on any atom is -0.396 e. The number of aliphatic hydroxyl groups excluding tert-OH is 1. The Labute approximate surface area is 124 Å². The lowest BCUT2D eigenvalue weighted by molar-refractivity contribution is 0.109. The Bertz CT molecular complexity index is 611. The van der Waals surface area contributed by atoms with Crippen LogP contribution in [0.15, 0.2) is 17.0 Å². The largest absolute Gasteiger partial charge is 0.396 e. The summed E-state index contributed by atoms with van der Waals surface area (Å²) in [5, 5.41) is 9.44. The molecule has 1 aliphatic carbocycles. The summed E-state index contributed by atoms with van der Waals surface area (Å²) in [5.41, 5.74) is 5.59. The molecular weight excluding hydrogens is 295 g/mol. The normalized spacial score (nSPS) is 23.2. The van der Waals surface area contributed by atoms with Crippen LogP contribution >= 0.6 is 0 Å². The number of hydrogen-bond acceptors (Lipinski definition) is 4. The fourth-order valence-electron chi connectivity index (χ4n) is 2.61. The summed E-state index contributed by atoms with van der Waals surface area (Å²) >= 11 is 0. The van der Waals surface area contributed by atoms with E-state index < -0.39 is 15.8 Å². The lowest BCUT2D eigenvalue weighted by Crippen LogP contribution is -2.32. The molecule has 2 rings (SSSR count). The molecule has 1 fully saturated rings. The van der Waals surface area contributed by atoms with Crippen LogP contribution < -0.4 is 10.5 Å². The molecule has 0 aliphatic heterocycles. The quantitative estimate of drug-likeness (QED) is 0.735. The van der Waals surface area contributed by atoms with Crippen LogP contribution in [0.5, 0.6) is 0 Å². The van der Waals surface area contributed by atoms with Crippen molar-refractivity contribution in [2.75, 3.05) is 12.3 Å². The zero-order chi connectivity index (χ0) is 15.6. The number of sulfonamides is 1. The van der Waals surface area contributed by atoms with Crippen molar-refractivity contribution in [2.24, 2.45) is 5.92 Å². The van der Waals surface area contributed by atoms with E-state index in [0.29, 0.717) is 24.9 Å². The molecule has 4 N–H and O–H groups in total. The summed E-state index contributed by atoms with van der Waals surface area (Å²) in [5.74, 6) is -0.394. The van der Waals surface area contributed by atoms with E-state index in [1.165, 1.54) is 6.92 Å². The Morgan fingerprint density at radius 3 is 2.57 bits per heavy atom. The topological polar surface area (TPSA) is 92.4 Å². The second-order valence-corrected chi connectivity index (χ2v) is 7.40. The number of aryl methyl sites for hydroxylation is 1. The van der Waals surface area contributed by atoms with Gasteiger partial charge in [-0.05, 0) is 56.2 Å². The number of benzene rings is 1. The van der Waals surface area contributed by atoms with Gasteiger partial charge in [0.25, 0.3) is 0 Å². The summed E-state index contributed by atoms with van der Waals surface area (Å²) in [7, 11) is -3.70. The Kier molecular flexibility index (Phi) is 4.85. The van der Waals surface area contributed by atoms with Crippen molar-refractivity contribution >= 4 is 15.7 Å². The third-order valence-corrected chi connectivity index (χ3v) is 5.53. The zero-order valence-electron chi connectivity index (χ0n) is 12.0. The summed E-state index contributed by atoms with van der Waals surface area (Å²) < 4.78 is 40.4. The Hall–Kier alpha value is -1.18. The van der Waals surface area contributed by atoms with Gasteiger partial charge in [-0.25, -0.2) is 17.5 Å². The summed E-state index contributed by atoms with van der Waals surface area (Å²) in [4.78, 5) is 0.0113. The molecule has 1 saturated carbocycles. The van der Waals surface area contributed by atoms with Gasteiger partial charge in [0, 0.05) is 6.54 Å². The molecule has 5 nitrogen and oxygen atoms in total. The fourth-order valence-corrected chi connectivity index (χ4v) is 3.99. The molecular formula is C14H21FN2O3S. The van der Waals surface area contributed by atoms with Gasteiger partial charge >= 0.3 is 0 Å². The molecule has 1 aromatic rings. The highest BCUT2D eigenvalue weighted by molar-refractivity contribution is 7.89. The van der Waals surface area contributed by atoms with Crippen molar-refractivity contribution in [3.8, 4) is 0 Å². The number of nitrogens with two attached hydrogens (primary N) is 1. The molecule has 0 atom stereocenters. The minimum atomic E-state index is -3.70. The smallest absolute Gasteiger partial charge is 0.240 e. The summed E-state index contributed by atoms with van der Waals surface area (Å²) in [6.45, 7) is 1.86. The van der Waals surface area contributed by atoms with Gasteiger partial charge in [0.05, 0.1) is 16.7 Å². The van der Waals surface area contributed by atoms with Gasteiger partial charge in [0.15, 0.2) is 0 Å². The molecule has 1 aliphatic rings. The van der Waals surface area contributed by atoms with Gasteiger partial charge in [-0.2, -0.15) is 0 Å². The third-order valence-electron chi connectivity index (χ3n) is 3.96. The van der Waals surface area contributed by atoms with Gasteiger partial charge in [-0.15, -0.1) is 0 Å². The second kappa shape index (κ2) is 6.29. The van der Waals surface area contributed by atoms with E-state index in [4.69, 9.17) is 5.73 Å². The molecule has 21 heavy (non-hydrogen) atoms. The van der Waals surface area contributed by atoms with Crippen LogP contribution in [-0.2, 0) is 10.0 Å². The van der Waals surface area contributed by atoms with Crippen molar-refractivity contribution in [1.82, 2.24) is 4.72 Å². The number of aliphatic hydroxyl groups is 1. The molecule has 0 unspecified atom stereocenters. The van der Waals surface area contributed by atoms with Crippen molar-refractivity contribution in [2.45, 2.75) is 43.6 Å². The first-order valence-corrected chi connectivity index (χ1v) is 8.51. The Morgan fingerprint density at radius 1 is 1.33 bits per heavy atom. The van der Waals surface area contributed by atoms with Crippen LogP contribution in [0.2, 0.25) is 0 Å². The Morgan fingerprint density at radius 2 is 1.95 bits per heavy atom. The number of nitrogen functional groups attached to an aromatic ring is 1. The van der Waals surface area contributed by atoms with Crippen LogP contribution in [0.3, 0.4) is 0 Å². The maximum Gasteiger partial charge on any atom is 0.240 e. The number of hydrogen-bond donors (Lipinski definition) is 3. The maximum atomic E-state index is 13.3. The predicted octanol–water partition coefficient (Wildman–Crippen LogP) is 1.55. The first-order valence-electron chi connectivity index (χ1n) is 7.03. The van der Waals surface area contributed by atoms with Crippen molar-refractivity contribution in [1.29, 1.82) is 0 Å². The van der Waals surface area contributed by atoms with E-state index in [-0.39, 0.29) is 22.6 Å². The van der Waals surface area contributed by atoms with Gasteiger partial charge in [-0.1, -0.05) is 0 Å². The molecule has 0 spiro atoms. The van der Waals surface area contributed by atoms with E-state index in [1.54, 1.807) is 0 Å². The van der Waals surface area contributed by atoms with E-state index in [1.807, 2.05) is 0 Å². The molecule has 0 aromatic heterocycles. The molecule has 0 heterocycles. The molecule has 118 valence electrons. The predicted molar refractivity (Wildman–Crippen MR) is 78.7 cm³/mol. The van der Waals surface area contributed by atoms with Crippen molar-refractivity contribution in [3.05, 3.63) is 23.5 Å². The zero-order valence-corrected chi connectivity index (χ0v) is 12.8. The van der Waals surface area contributed by atoms with Crippen molar-refractivity contribution < 1.29 is 17.9 Å². The van der Waals surface area contributed by atoms with E-state index >= 15 is 0 Å². The standard InChI is InChI=1S/C14H21FN2O3S/c1-9-6-12(15)13(16)7-14(9)21(19,20)17-8-10-2-4-11(18)5-3-10/h6-7,10-11,17-18H,2-5,8,16H2,1H3. The summed E-state index contributed by atoms with van der Waals surface area (Å²) in [6.07, 6.45) is 2.74. The van der Waals surface area contributed by atoms with Crippen LogP contribution in [0.1, 0.15) is 31.2 Å². The van der Waals surface area contributed by atoms with Crippen LogP contribution in [0.25, 0.3) is 0 Å². The lowest BCUT2D eigenvalue weighted by Gasteiger charge is -2.25. The van der Waals surface area contributed by atoms with Crippen LogP contribution in [0.4, 0.5) is 10.1 Å². The molecule has 0 amide bonds. The van der Waals surface area contributed by atoms with E-state index in [9.17, 15) is 17.9 Å². The monoisotopic (exact) mass is 316 g/mol. The molecule has 0 saturated heterocycles. The number of anilines is 1. The fraction of sp³-hybridized carbons (Fsp3) is 0.571. The molecule has 0 radical (unpaired) electrons. The van der Waals surface area contributed by atoms with E-state index in [2.05, 4.69) is 4.72 Å². The number of halogens is 1. The maximum absolute atomic E-state index is 13.3. The SMILES string of the molecule is Cc1cc(F)c(N)cc1S(=O)(=O)NCC1CCC(O)CC1. The summed E-state index contributed by atoms with van der Waals surface area (Å²) in [6, 6.07) is 2.28. The number of nitrogens with one attached hydrogen (secondary N) is 1. The molecule has 7 heteroatoms. The lowest BCUT2D eigenvalue weighted by atomic mass is 9.88. The highest BCUT2D eigenvalue weighted by Crippen LogP contribution is 2.25. The van der Waals surface area contributed by atoms with Gasteiger partial charge < -0.3 is 10.8 Å². The van der Waals surface area contributed by atoms with E-state index in [0.717, 1.165) is 25.0 Å². The third kappa shape index (κ3) is 3.93.